The van der Waals surface area contributed by atoms with Crippen molar-refractivity contribution >= 4 is 38.9 Å². The van der Waals surface area contributed by atoms with E-state index in [0.717, 1.165) is 0 Å². The third kappa shape index (κ3) is 6.19. The fraction of sp³-hybridized carbons (Fsp3) is 0.333. The van der Waals surface area contributed by atoms with E-state index >= 15 is 0 Å². The van der Waals surface area contributed by atoms with Crippen LogP contribution in [0.2, 0.25) is 0 Å². The van der Waals surface area contributed by atoms with Crippen LogP contribution in [0.25, 0.3) is 0 Å². The molecule has 0 aliphatic rings. The first-order valence-corrected chi connectivity index (χ1v) is 11.5. The van der Waals surface area contributed by atoms with Gasteiger partial charge in [-0.3, -0.25) is 9.59 Å². The Hall–Kier alpha value is -3.11. The maximum atomic E-state index is 12.8. The molecule has 0 aromatic heterocycles. The van der Waals surface area contributed by atoms with Gasteiger partial charge in [-0.2, -0.15) is 4.31 Å². The van der Waals surface area contributed by atoms with Gasteiger partial charge in [0, 0.05) is 30.9 Å². The van der Waals surface area contributed by atoms with Crippen molar-refractivity contribution in [2.45, 2.75) is 25.7 Å². The summed E-state index contributed by atoms with van der Waals surface area (Å²) >= 11 is 0. The van der Waals surface area contributed by atoms with Crippen molar-refractivity contribution in [3.05, 3.63) is 48.0 Å². The first-order chi connectivity index (χ1) is 14.7. The molecule has 0 saturated heterocycles. The lowest BCUT2D eigenvalue weighted by Gasteiger charge is -2.20. The Morgan fingerprint density at radius 2 is 1.58 bits per heavy atom. The molecule has 0 fully saturated rings. The van der Waals surface area contributed by atoms with Crippen LogP contribution in [0.1, 0.15) is 31.1 Å². The number of amides is 2. The number of hydrogen-bond acceptors (Lipinski definition) is 6. The zero-order valence-corrected chi connectivity index (χ0v) is 18.8. The van der Waals surface area contributed by atoms with Gasteiger partial charge in [-0.25, -0.2) is 8.42 Å². The molecule has 2 rings (SSSR count). The summed E-state index contributed by atoms with van der Waals surface area (Å²) in [4.78, 5) is 23.6. The van der Waals surface area contributed by atoms with Crippen LogP contribution >= 0.6 is 0 Å². The lowest BCUT2D eigenvalue weighted by Crippen LogP contribution is -2.30. The number of sulfonamides is 1. The monoisotopic (exact) mass is 447 g/mol. The maximum absolute atomic E-state index is 12.8. The second-order valence-corrected chi connectivity index (χ2v) is 8.61. The Morgan fingerprint density at radius 1 is 0.935 bits per heavy atom. The van der Waals surface area contributed by atoms with E-state index in [0.29, 0.717) is 42.3 Å². The van der Waals surface area contributed by atoms with Gasteiger partial charge < -0.3 is 21.7 Å². The molecule has 2 amide bonds. The molecule has 168 valence electrons. The predicted octanol–water partition coefficient (Wildman–Crippen LogP) is 2.30. The third-order valence-electron chi connectivity index (χ3n) is 4.59. The average Bonchev–Trinajstić information content (AvgIpc) is 2.74. The molecule has 10 heteroatoms. The van der Waals surface area contributed by atoms with Crippen LogP contribution in [0.4, 0.5) is 17.1 Å². The van der Waals surface area contributed by atoms with E-state index in [1.54, 1.807) is 38.1 Å². The van der Waals surface area contributed by atoms with Crippen molar-refractivity contribution in [3.8, 4) is 0 Å². The molecule has 0 aliphatic heterocycles. The molecule has 0 heterocycles. The molecule has 0 atom stereocenters. The summed E-state index contributed by atoms with van der Waals surface area (Å²) in [7, 11) is -3.63. The molecule has 0 aliphatic carbocycles. The topological polar surface area (TPSA) is 134 Å². The van der Waals surface area contributed by atoms with E-state index in [9.17, 15) is 18.0 Å². The molecule has 2 aromatic rings. The van der Waals surface area contributed by atoms with Gasteiger partial charge in [-0.15, -0.1) is 0 Å². The normalized spacial score (nSPS) is 11.2. The summed E-state index contributed by atoms with van der Waals surface area (Å²) in [5.41, 5.74) is 7.27. The average molecular weight is 448 g/mol. The largest absolute Gasteiger partial charge is 0.384 e. The highest BCUT2D eigenvalue weighted by Gasteiger charge is 2.22. The number of nitrogens with one attached hydrogen (secondary N) is 3. The van der Waals surface area contributed by atoms with Crippen molar-refractivity contribution in [2.75, 3.05) is 42.1 Å². The molecule has 0 spiro atoms. The van der Waals surface area contributed by atoms with Crippen molar-refractivity contribution in [2.24, 2.45) is 5.73 Å². The molecule has 5 N–H and O–H groups in total. The Labute approximate surface area is 183 Å². The van der Waals surface area contributed by atoms with Gasteiger partial charge in [-0.05, 0) is 49.4 Å². The SMILES string of the molecule is CCNc1ccc(S(=O)(=O)N(CC)CC)cc1NCC(=O)Nc1ccc(C(N)=O)cc1. The van der Waals surface area contributed by atoms with Gasteiger partial charge in [0.2, 0.25) is 21.8 Å². The van der Waals surface area contributed by atoms with E-state index < -0.39 is 15.9 Å². The van der Waals surface area contributed by atoms with Crippen LogP contribution in [-0.2, 0) is 14.8 Å². The fourth-order valence-electron chi connectivity index (χ4n) is 2.99. The van der Waals surface area contributed by atoms with E-state index in [4.69, 9.17) is 5.73 Å². The smallest absolute Gasteiger partial charge is 0.248 e. The predicted molar refractivity (Wildman–Crippen MR) is 123 cm³/mol. The van der Waals surface area contributed by atoms with Gasteiger partial charge in [0.25, 0.3) is 0 Å². The number of anilines is 3. The third-order valence-corrected chi connectivity index (χ3v) is 6.64. The minimum Gasteiger partial charge on any atom is -0.384 e. The number of hydrogen-bond donors (Lipinski definition) is 4. The quantitative estimate of drug-likeness (QED) is 0.418. The van der Waals surface area contributed by atoms with Gasteiger partial charge >= 0.3 is 0 Å². The van der Waals surface area contributed by atoms with Crippen molar-refractivity contribution in [1.29, 1.82) is 0 Å². The maximum Gasteiger partial charge on any atom is 0.248 e. The highest BCUT2D eigenvalue weighted by atomic mass is 32.2. The lowest BCUT2D eigenvalue weighted by molar-refractivity contribution is -0.114. The van der Waals surface area contributed by atoms with E-state index in [2.05, 4.69) is 16.0 Å². The number of nitrogens with zero attached hydrogens (tertiary/aromatic N) is 1. The highest BCUT2D eigenvalue weighted by Crippen LogP contribution is 2.27. The summed E-state index contributed by atoms with van der Waals surface area (Å²) in [5, 5.41) is 8.87. The number of carbonyl (C=O) groups is 2. The van der Waals surface area contributed by atoms with Crippen molar-refractivity contribution in [1.82, 2.24) is 4.31 Å². The zero-order chi connectivity index (χ0) is 23.0. The molecular weight excluding hydrogens is 418 g/mol. The molecule has 0 radical (unpaired) electrons. The molecule has 0 saturated carbocycles. The van der Waals surface area contributed by atoms with Crippen LogP contribution in [0.3, 0.4) is 0 Å². The van der Waals surface area contributed by atoms with Crippen molar-refractivity contribution in [3.63, 3.8) is 0 Å². The Kier molecular flexibility index (Phi) is 8.40. The van der Waals surface area contributed by atoms with Crippen LogP contribution in [0.15, 0.2) is 47.4 Å². The molecule has 9 nitrogen and oxygen atoms in total. The van der Waals surface area contributed by atoms with Gasteiger partial charge in [0.05, 0.1) is 22.8 Å². The van der Waals surface area contributed by atoms with E-state index in [1.165, 1.54) is 22.5 Å². The summed E-state index contributed by atoms with van der Waals surface area (Å²) < 4.78 is 27.0. The summed E-state index contributed by atoms with van der Waals surface area (Å²) in [5.74, 6) is -0.874. The molecule has 0 unspecified atom stereocenters. The zero-order valence-electron chi connectivity index (χ0n) is 17.9. The summed E-state index contributed by atoms with van der Waals surface area (Å²) in [6, 6.07) is 11.0. The van der Waals surface area contributed by atoms with Crippen molar-refractivity contribution < 1.29 is 18.0 Å². The van der Waals surface area contributed by atoms with E-state index in [1.807, 2.05) is 6.92 Å². The highest BCUT2D eigenvalue weighted by molar-refractivity contribution is 7.89. The molecular formula is C21H29N5O4S. The number of rotatable bonds is 11. The summed E-state index contributed by atoms with van der Waals surface area (Å²) in [6.45, 7) is 6.79. The Morgan fingerprint density at radius 3 is 2.13 bits per heavy atom. The first-order valence-electron chi connectivity index (χ1n) is 10.0. The minimum absolute atomic E-state index is 0.0786. The van der Waals surface area contributed by atoms with E-state index in [-0.39, 0.29) is 17.3 Å². The number of benzene rings is 2. The molecule has 0 bridgehead atoms. The standard InChI is InChI=1S/C21H29N5O4S/c1-4-23-18-12-11-17(31(29,30)26(5-2)6-3)13-19(18)24-14-20(27)25-16-9-7-15(8-10-16)21(22)28/h7-13,23-24H,4-6,14H2,1-3H3,(H2,22,28)(H,25,27). The molecule has 31 heavy (non-hydrogen) atoms. The van der Waals surface area contributed by atoms with Gasteiger partial charge in [-0.1, -0.05) is 13.8 Å². The van der Waals surface area contributed by atoms with Crippen LogP contribution < -0.4 is 21.7 Å². The first kappa shape index (κ1) is 24.2. The van der Waals surface area contributed by atoms with Crippen LogP contribution in [-0.4, -0.2) is 50.7 Å². The van der Waals surface area contributed by atoms with Gasteiger partial charge in [0.1, 0.15) is 0 Å². The second kappa shape index (κ2) is 10.8. The lowest BCUT2D eigenvalue weighted by atomic mass is 10.2. The van der Waals surface area contributed by atoms with Crippen LogP contribution in [0.5, 0.6) is 0 Å². The number of nitrogens with two attached hydrogens (primary N) is 1. The van der Waals surface area contributed by atoms with Gasteiger partial charge in [0.15, 0.2) is 0 Å². The number of primary amides is 1. The Balaban J connectivity index is 2.16. The Bertz CT molecular complexity index is 1020. The second-order valence-electron chi connectivity index (χ2n) is 6.67. The number of carbonyl (C=O) groups excluding carboxylic acids is 2. The molecule has 2 aromatic carbocycles. The van der Waals surface area contributed by atoms with Crippen LogP contribution in [0, 0.1) is 0 Å². The fourth-order valence-corrected chi connectivity index (χ4v) is 4.47. The minimum atomic E-state index is -3.63. The summed E-state index contributed by atoms with van der Waals surface area (Å²) in [6.07, 6.45) is 0.